The molecule has 0 saturated carbocycles. The van der Waals surface area contributed by atoms with Crippen molar-refractivity contribution in [3.05, 3.63) is 88.4 Å². The predicted octanol–water partition coefficient (Wildman–Crippen LogP) is 5.55. The van der Waals surface area contributed by atoms with Crippen LogP contribution >= 0.6 is 11.6 Å². The predicted molar refractivity (Wildman–Crippen MR) is 169 cm³/mol. The minimum atomic E-state index is -0.0511. The van der Waals surface area contributed by atoms with E-state index in [4.69, 9.17) is 35.3 Å². The zero-order chi connectivity index (χ0) is 30.3. The van der Waals surface area contributed by atoms with Crippen LogP contribution in [0.4, 0.5) is 0 Å². The first-order valence-electron chi connectivity index (χ1n) is 14.9. The van der Waals surface area contributed by atoms with Gasteiger partial charge in [-0.2, -0.15) is 0 Å². The molecule has 3 aromatic carbocycles. The summed E-state index contributed by atoms with van der Waals surface area (Å²) in [6.45, 7) is 6.39. The van der Waals surface area contributed by atoms with Crippen molar-refractivity contribution in [2.24, 2.45) is 0 Å². The van der Waals surface area contributed by atoms with E-state index in [1.54, 1.807) is 7.11 Å². The van der Waals surface area contributed by atoms with Gasteiger partial charge in [-0.15, -0.1) is 0 Å². The summed E-state index contributed by atoms with van der Waals surface area (Å²) < 4.78 is 29.5. The van der Waals surface area contributed by atoms with Crippen LogP contribution in [0.3, 0.4) is 0 Å². The molecule has 0 unspecified atom stereocenters. The van der Waals surface area contributed by atoms with Crippen LogP contribution < -0.4 is 24.8 Å². The number of benzene rings is 3. The molecule has 9 heteroatoms. The van der Waals surface area contributed by atoms with Crippen molar-refractivity contribution in [2.45, 2.75) is 44.8 Å². The Hall–Kier alpha value is -3.30. The number of piperidine rings is 1. The van der Waals surface area contributed by atoms with Crippen molar-refractivity contribution in [1.82, 2.24) is 10.6 Å². The van der Waals surface area contributed by atoms with Gasteiger partial charge < -0.3 is 34.3 Å². The smallest absolute Gasteiger partial charge is 0.216 e. The largest absolute Gasteiger partial charge is 0.496 e. The molecule has 43 heavy (non-hydrogen) atoms. The lowest BCUT2D eigenvalue weighted by Gasteiger charge is -2.32. The lowest BCUT2D eigenvalue weighted by Crippen LogP contribution is -2.41. The Balaban J connectivity index is 1.18. The van der Waals surface area contributed by atoms with E-state index in [-0.39, 0.29) is 17.9 Å². The number of hydrogen-bond acceptors (Lipinski definition) is 7. The van der Waals surface area contributed by atoms with Gasteiger partial charge in [0, 0.05) is 42.9 Å². The second kappa shape index (κ2) is 17.7. The summed E-state index contributed by atoms with van der Waals surface area (Å²) >= 11 is 6.20. The lowest BCUT2D eigenvalue weighted by atomic mass is 9.88. The summed E-state index contributed by atoms with van der Waals surface area (Å²) in [6, 6.07) is 21.8. The van der Waals surface area contributed by atoms with Crippen LogP contribution in [0.15, 0.2) is 66.7 Å². The quantitative estimate of drug-likeness (QED) is 0.194. The van der Waals surface area contributed by atoms with E-state index in [1.165, 1.54) is 12.5 Å². The molecular formula is C34H43ClN2O6. The maximum Gasteiger partial charge on any atom is 0.216 e. The molecule has 1 saturated heterocycles. The van der Waals surface area contributed by atoms with Gasteiger partial charge in [-0.05, 0) is 60.8 Å². The minimum absolute atomic E-state index is 0.0445. The molecule has 1 fully saturated rings. The van der Waals surface area contributed by atoms with Crippen molar-refractivity contribution in [3.63, 3.8) is 0 Å². The summed E-state index contributed by atoms with van der Waals surface area (Å²) in [6.07, 6.45) is 2.51. The zero-order valence-corrected chi connectivity index (χ0v) is 25.9. The second-order valence-corrected chi connectivity index (χ2v) is 10.9. The molecular weight excluding hydrogens is 568 g/mol. The highest BCUT2D eigenvalue weighted by Gasteiger charge is 2.27. The normalized spacial score (nSPS) is 16.4. The van der Waals surface area contributed by atoms with Gasteiger partial charge in [-0.25, -0.2) is 0 Å². The molecule has 1 aliphatic rings. The number of ether oxygens (including phenoxy) is 5. The van der Waals surface area contributed by atoms with Gasteiger partial charge in [0.1, 0.15) is 23.9 Å². The monoisotopic (exact) mass is 610 g/mol. The minimum Gasteiger partial charge on any atom is -0.496 e. The van der Waals surface area contributed by atoms with Crippen LogP contribution in [0.5, 0.6) is 17.2 Å². The Morgan fingerprint density at radius 1 is 0.953 bits per heavy atom. The number of methoxy groups -OCH3 is 1. The Kier molecular flexibility index (Phi) is 13.4. The Bertz CT molecular complexity index is 1270. The van der Waals surface area contributed by atoms with Gasteiger partial charge in [0.2, 0.25) is 5.91 Å². The third-order valence-electron chi connectivity index (χ3n) is 7.36. The Morgan fingerprint density at radius 3 is 2.60 bits per heavy atom. The molecule has 2 N–H and O–H groups in total. The number of rotatable bonds is 17. The fraction of sp³-hybridized carbons (Fsp3) is 0.441. The molecule has 2 atom stereocenters. The van der Waals surface area contributed by atoms with Crippen LogP contribution in [0.25, 0.3) is 0 Å². The molecule has 4 rings (SSSR count). The summed E-state index contributed by atoms with van der Waals surface area (Å²) in [4.78, 5) is 11.2. The number of amides is 1. The molecule has 0 aromatic heterocycles. The van der Waals surface area contributed by atoms with E-state index in [0.717, 1.165) is 54.3 Å². The summed E-state index contributed by atoms with van der Waals surface area (Å²) in [5, 5.41) is 6.89. The van der Waals surface area contributed by atoms with Crippen molar-refractivity contribution in [1.29, 1.82) is 0 Å². The fourth-order valence-electron chi connectivity index (χ4n) is 5.15. The van der Waals surface area contributed by atoms with Crippen LogP contribution in [-0.2, 0) is 27.3 Å². The highest BCUT2D eigenvalue weighted by molar-refractivity contribution is 6.30. The van der Waals surface area contributed by atoms with Crippen LogP contribution in [-0.4, -0.2) is 65.2 Å². The topological polar surface area (TPSA) is 87.3 Å². The van der Waals surface area contributed by atoms with Crippen LogP contribution in [0.1, 0.15) is 42.4 Å². The molecule has 232 valence electrons. The van der Waals surface area contributed by atoms with Gasteiger partial charge in [-0.3, -0.25) is 4.79 Å². The zero-order valence-electron chi connectivity index (χ0n) is 25.1. The third-order valence-corrected chi connectivity index (χ3v) is 7.59. The van der Waals surface area contributed by atoms with E-state index in [9.17, 15) is 4.79 Å². The number of carbonyl (C=O) groups excluding carboxylic acids is 1. The standard InChI is InChI=1S/C34H43ClN2O6/c1-25(38)37-17-14-27-8-11-29(35)22-33(27)42-20-21-43-34-23-36-16-15-31(34)26-9-12-30(13-10-26)41-19-5-18-40-24-28-6-3-4-7-32(28)39-2/h3-4,6-13,22,31,34,36H,5,14-21,23-24H2,1-2H3,(H,37,38)/t31-,34+/m1/s1. The number of halogens is 1. The van der Waals surface area contributed by atoms with E-state index in [1.807, 2.05) is 54.6 Å². The summed E-state index contributed by atoms with van der Waals surface area (Å²) in [5.74, 6) is 2.65. The summed E-state index contributed by atoms with van der Waals surface area (Å²) in [5.41, 5.74) is 3.28. The van der Waals surface area contributed by atoms with Crippen molar-refractivity contribution >= 4 is 17.5 Å². The Labute approximate surface area is 260 Å². The number of hydrogen-bond donors (Lipinski definition) is 2. The van der Waals surface area contributed by atoms with Crippen LogP contribution in [0.2, 0.25) is 5.02 Å². The summed E-state index contributed by atoms with van der Waals surface area (Å²) in [7, 11) is 1.67. The maximum atomic E-state index is 11.2. The second-order valence-electron chi connectivity index (χ2n) is 10.5. The lowest BCUT2D eigenvalue weighted by molar-refractivity contribution is -0.118. The van der Waals surface area contributed by atoms with Crippen molar-refractivity contribution < 1.29 is 28.5 Å². The highest BCUT2D eigenvalue weighted by atomic mass is 35.5. The molecule has 3 aromatic rings. The molecule has 0 aliphatic carbocycles. The van der Waals surface area contributed by atoms with Crippen molar-refractivity contribution in [3.8, 4) is 17.2 Å². The highest BCUT2D eigenvalue weighted by Crippen LogP contribution is 2.29. The first-order valence-corrected chi connectivity index (χ1v) is 15.3. The fourth-order valence-corrected chi connectivity index (χ4v) is 5.31. The average molecular weight is 611 g/mol. The van der Waals surface area contributed by atoms with Gasteiger partial charge in [0.15, 0.2) is 0 Å². The first-order chi connectivity index (χ1) is 21.0. The molecule has 1 heterocycles. The molecule has 0 radical (unpaired) electrons. The maximum absolute atomic E-state index is 11.2. The molecule has 0 spiro atoms. The molecule has 1 amide bonds. The van der Waals surface area contributed by atoms with Gasteiger partial charge in [0.05, 0.1) is 39.6 Å². The molecule has 1 aliphatic heterocycles. The number of carbonyl (C=O) groups is 1. The van der Waals surface area contributed by atoms with E-state index in [0.29, 0.717) is 51.0 Å². The third kappa shape index (κ3) is 10.7. The number of para-hydroxylation sites is 1. The van der Waals surface area contributed by atoms with Gasteiger partial charge >= 0.3 is 0 Å². The SMILES string of the molecule is COc1ccccc1COCCCOc1ccc([C@H]2CCNC[C@@H]2OCCOc2cc(Cl)ccc2CCNC(C)=O)cc1. The molecule has 0 bridgehead atoms. The van der Waals surface area contributed by atoms with Crippen LogP contribution in [0, 0.1) is 0 Å². The average Bonchev–Trinajstić information content (AvgIpc) is 3.02. The van der Waals surface area contributed by atoms with Gasteiger partial charge in [-0.1, -0.05) is 48.0 Å². The van der Waals surface area contributed by atoms with Gasteiger partial charge in [0.25, 0.3) is 0 Å². The van der Waals surface area contributed by atoms with Crippen molar-refractivity contribution in [2.75, 3.05) is 53.2 Å². The van der Waals surface area contributed by atoms with E-state index < -0.39 is 0 Å². The molecule has 8 nitrogen and oxygen atoms in total. The first kappa shape index (κ1) is 32.6. The number of nitrogens with one attached hydrogen (secondary N) is 2. The van der Waals surface area contributed by atoms with E-state index in [2.05, 4.69) is 22.8 Å². The van der Waals surface area contributed by atoms with E-state index >= 15 is 0 Å². The Morgan fingerprint density at radius 2 is 1.79 bits per heavy atom.